The molecule has 1 saturated heterocycles. The summed E-state index contributed by atoms with van der Waals surface area (Å²) in [7, 11) is -1.74. The van der Waals surface area contributed by atoms with Crippen molar-refractivity contribution in [2.75, 3.05) is 46.3 Å². The first-order valence-corrected chi connectivity index (χ1v) is 11.8. The van der Waals surface area contributed by atoms with E-state index in [1.807, 2.05) is 19.9 Å². The van der Waals surface area contributed by atoms with Crippen LogP contribution in [-0.4, -0.2) is 75.7 Å². The molecule has 0 saturated carbocycles. The second-order valence-corrected chi connectivity index (χ2v) is 10.1. The summed E-state index contributed by atoms with van der Waals surface area (Å²) in [5, 5.41) is 7.21. The third-order valence-corrected chi connectivity index (χ3v) is 7.43. The van der Waals surface area contributed by atoms with E-state index in [0.717, 1.165) is 54.1 Å². The fourth-order valence-electron chi connectivity index (χ4n) is 3.31. The van der Waals surface area contributed by atoms with Crippen molar-refractivity contribution in [1.82, 2.24) is 25.0 Å². The molecule has 0 aliphatic carbocycles. The van der Waals surface area contributed by atoms with E-state index in [1.165, 1.54) is 11.3 Å². The second kappa shape index (κ2) is 9.70. The Kier molecular flexibility index (Phi) is 7.28. The number of sulfonamides is 1. The fourth-order valence-corrected chi connectivity index (χ4v) is 5.89. The molecule has 2 N–H and O–H groups in total. The molecule has 3 heterocycles. The molecule has 2 aromatic rings. The minimum Gasteiger partial charge on any atom is -0.364 e. The van der Waals surface area contributed by atoms with E-state index >= 15 is 0 Å². The van der Waals surface area contributed by atoms with Gasteiger partial charge in [-0.15, -0.1) is 11.3 Å². The van der Waals surface area contributed by atoms with Crippen molar-refractivity contribution < 1.29 is 12.9 Å². The zero-order valence-corrected chi connectivity index (χ0v) is 18.6. The van der Waals surface area contributed by atoms with E-state index in [9.17, 15) is 8.42 Å². The molecule has 0 radical (unpaired) electrons. The van der Waals surface area contributed by atoms with Gasteiger partial charge in [0.15, 0.2) is 5.96 Å². The maximum absolute atomic E-state index is 12.5. The van der Waals surface area contributed by atoms with Crippen molar-refractivity contribution in [1.29, 1.82) is 0 Å². The normalized spacial score (nSPS) is 16.4. The highest BCUT2D eigenvalue weighted by Gasteiger charge is 2.21. The van der Waals surface area contributed by atoms with Gasteiger partial charge in [0.25, 0.3) is 0 Å². The van der Waals surface area contributed by atoms with Crippen molar-refractivity contribution >= 4 is 27.3 Å². The van der Waals surface area contributed by atoms with Crippen molar-refractivity contribution in [2.24, 2.45) is 4.99 Å². The molecule has 0 aromatic carbocycles. The number of aliphatic imine (C=N–C) groups is 1. The van der Waals surface area contributed by atoms with E-state index in [2.05, 4.69) is 30.0 Å². The average Bonchev–Trinajstić information content (AvgIpc) is 3.32. The number of piperazine rings is 1. The van der Waals surface area contributed by atoms with E-state index in [0.29, 0.717) is 18.0 Å². The van der Waals surface area contributed by atoms with Crippen LogP contribution in [0.1, 0.15) is 15.4 Å². The number of aromatic nitrogens is 1. The number of rotatable bonds is 7. The zero-order chi connectivity index (χ0) is 20.9. The van der Waals surface area contributed by atoms with Crippen molar-refractivity contribution in [3.63, 3.8) is 0 Å². The van der Waals surface area contributed by atoms with Gasteiger partial charge in [0.2, 0.25) is 10.0 Å². The van der Waals surface area contributed by atoms with Crippen LogP contribution < -0.4 is 10.0 Å². The summed E-state index contributed by atoms with van der Waals surface area (Å²) in [5.74, 6) is 0.785. The summed E-state index contributed by atoms with van der Waals surface area (Å²) in [6.45, 7) is 8.76. The van der Waals surface area contributed by atoms with Gasteiger partial charge in [-0.2, -0.15) is 0 Å². The molecule has 1 aliphatic heterocycles. The first-order valence-electron chi connectivity index (χ1n) is 9.53. The monoisotopic (exact) mass is 440 g/mol. The van der Waals surface area contributed by atoms with Gasteiger partial charge in [0.1, 0.15) is 6.26 Å². The summed E-state index contributed by atoms with van der Waals surface area (Å²) in [6, 6.07) is 3.60. The van der Waals surface area contributed by atoms with Crippen molar-refractivity contribution in [2.45, 2.75) is 25.3 Å². The first kappa shape index (κ1) is 21.8. The summed E-state index contributed by atoms with van der Waals surface area (Å²) in [6.07, 6.45) is 1.59. The molecule has 0 unspecified atom stereocenters. The lowest BCUT2D eigenvalue weighted by Crippen LogP contribution is -2.53. The van der Waals surface area contributed by atoms with Gasteiger partial charge in [-0.3, -0.25) is 9.89 Å². The molecular weight excluding hydrogens is 412 g/mol. The molecule has 29 heavy (non-hydrogen) atoms. The van der Waals surface area contributed by atoms with Gasteiger partial charge in [0.05, 0.1) is 10.6 Å². The van der Waals surface area contributed by atoms with E-state index in [4.69, 9.17) is 4.52 Å². The lowest BCUT2D eigenvalue weighted by molar-refractivity contribution is 0.169. The fraction of sp³-hybridized carbons (Fsp3) is 0.556. The number of hydrogen-bond donors (Lipinski definition) is 2. The molecule has 0 spiro atoms. The van der Waals surface area contributed by atoms with Gasteiger partial charge < -0.3 is 14.7 Å². The lowest BCUT2D eigenvalue weighted by Gasteiger charge is -2.36. The highest BCUT2D eigenvalue weighted by molar-refractivity contribution is 7.89. The SMILES string of the molecule is CN=C(NCCNS(=O)(=O)c1cc(C)sc1C)N1CCN(Cc2ccon2)CC1. The Morgan fingerprint density at radius 3 is 2.62 bits per heavy atom. The Labute approximate surface area is 175 Å². The molecule has 3 rings (SSSR count). The molecule has 0 bridgehead atoms. The lowest BCUT2D eigenvalue weighted by atomic mass is 10.3. The largest absolute Gasteiger partial charge is 0.364 e. The maximum atomic E-state index is 12.5. The van der Waals surface area contributed by atoms with E-state index in [1.54, 1.807) is 19.4 Å². The van der Waals surface area contributed by atoms with Gasteiger partial charge in [0, 0.05) is 68.7 Å². The molecule has 2 aromatic heterocycles. The number of aryl methyl sites for hydroxylation is 2. The van der Waals surface area contributed by atoms with Crippen LogP contribution in [0.4, 0.5) is 0 Å². The molecule has 1 aliphatic rings. The van der Waals surface area contributed by atoms with Gasteiger partial charge in [-0.05, 0) is 19.9 Å². The van der Waals surface area contributed by atoms with Gasteiger partial charge in [-0.1, -0.05) is 5.16 Å². The number of thiophene rings is 1. The third kappa shape index (κ3) is 5.78. The van der Waals surface area contributed by atoms with E-state index in [-0.39, 0.29) is 0 Å². The summed E-state index contributed by atoms with van der Waals surface area (Å²) < 4.78 is 32.5. The minimum atomic E-state index is -3.49. The van der Waals surface area contributed by atoms with Gasteiger partial charge in [-0.25, -0.2) is 13.1 Å². The second-order valence-electron chi connectivity index (χ2n) is 6.90. The van der Waals surface area contributed by atoms with Crippen LogP contribution >= 0.6 is 11.3 Å². The molecule has 9 nitrogen and oxygen atoms in total. The Bertz CT molecular complexity index is 916. The number of guanidine groups is 1. The predicted octanol–water partition coefficient (Wildman–Crippen LogP) is 1.02. The van der Waals surface area contributed by atoms with Crippen molar-refractivity contribution in [3.8, 4) is 0 Å². The molecule has 11 heteroatoms. The number of nitrogens with one attached hydrogen (secondary N) is 2. The Morgan fingerprint density at radius 1 is 1.28 bits per heavy atom. The minimum absolute atomic E-state index is 0.293. The maximum Gasteiger partial charge on any atom is 0.241 e. The predicted molar refractivity (Wildman–Crippen MR) is 114 cm³/mol. The molecule has 0 atom stereocenters. The summed E-state index contributed by atoms with van der Waals surface area (Å²) >= 11 is 1.49. The Balaban J connectivity index is 1.42. The smallest absolute Gasteiger partial charge is 0.241 e. The molecule has 160 valence electrons. The van der Waals surface area contributed by atoms with Crippen LogP contribution in [0, 0.1) is 13.8 Å². The highest BCUT2D eigenvalue weighted by atomic mass is 32.2. The summed E-state index contributed by atoms with van der Waals surface area (Å²) in [4.78, 5) is 11.0. The highest BCUT2D eigenvalue weighted by Crippen LogP contribution is 2.24. The standard InChI is InChI=1S/C18H28N6O3S2/c1-14-12-17(15(2)28-14)29(25,26)21-6-5-20-18(19-3)24-9-7-23(8-10-24)13-16-4-11-27-22-16/h4,11-12,21H,5-10,13H2,1-3H3,(H,19,20). The summed E-state index contributed by atoms with van der Waals surface area (Å²) in [5.41, 5.74) is 0.935. The topological polar surface area (TPSA) is 103 Å². The molecular formula is C18H28N6O3S2. The van der Waals surface area contributed by atoms with Crippen LogP contribution in [0.2, 0.25) is 0 Å². The van der Waals surface area contributed by atoms with Crippen LogP contribution in [-0.2, 0) is 16.6 Å². The molecule has 0 amide bonds. The van der Waals surface area contributed by atoms with E-state index < -0.39 is 10.0 Å². The van der Waals surface area contributed by atoms with Crippen LogP contribution in [0.15, 0.2) is 32.8 Å². The number of nitrogens with zero attached hydrogens (tertiary/aromatic N) is 4. The third-order valence-electron chi connectivity index (χ3n) is 4.75. The van der Waals surface area contributed by atoms with Crippen LogP contribution in [0.3, 0.4) is 0 Å². The van der Waals surface area contributed by atoms with Crippen LogP contribution in [0.5, 0.6) is 0 Å². The molecule has 1 fully saturated rings. The average molecular weight is 441 g/mol. The first-order chi connectivity index (χ1) is 13.9. The van der Waals surface area contributed by atoms with Crippen molar-refractivity contribution in [3.05, 3.63) is 33.8 Å². The van der Waals surface area contributed by atoms with Gasteiger partial charge >= 0.3 is 0 Å². The Morgan fingerprint density at radius 2 is 2.03 bits per heavy atom. The quantitative estimate of drug-likeness (QED) is 0.376. The van der Waals surface area contributed by atoms with Crippen LogP contribution in [0.25, 0.3) is 0 Å². The Hall–Kier alpha value is -1.95. The zero-order valence-electron chi connectivity index (χ0n) is 17.0. The number of hydrogen-bond acceptors (Lipinski definition) is 7.